The van der Waals surface area contributed by atoms with Gasteiger partial charge in [-0.3, -0.25) is 9.10 Å². The van der Waals surface area contributed by atoms with Crippen molar-refractivity contribution < 1.29 is 17.9 Å². The lowest BCUT2D eigenvalue weighted by molar-refractivity contribution is -0.119. The zero-order valence-corrected chi connectivity index (χ0v) is 21.9. The Morgan fingerprint density at radius 2 is 1.86 bits per heavy atom. The number of carbonyl (C=O) groups is 1. The van der Waals surface area contributed by atoms with Crippen LogP contribution >= 0.6 is 34.7 Å². The largest absolute Gasteiger partial charge is 0.495 e. The Morgan fingerprint density at radius 1 is 1.11 bits per heavy atom. The summed E-state index contributed by atoms with van der Waals surface area (Å²) in [6.45, 7) is -0.0783. The summed E-state index contributed by atoms with van der Waals surface area (Å²) in [5.74, 6) is 0.432. The van der Waals surface area contributed by atoms with Crippen LogP contribution in [0.5, 0.6) is 5.75 Å². The molecule has 0 unspecified atom stereocenters. The highest BCUT2D eigenvalue weighted by atomic mass is 35.5. The number of amides is 1. The average Bonchev–Trinajstić information content (AvgIpc) is 3.28. The van der Waals surface area contributed by atoms with Crippen LogP contribution in [0.4, 0.5) is 5.69 Å². The van der Waals surface area contributed by atoms with Crippen molar-refractivity contribution in [2.45, 2.75) is 9.24 Å². The topological polar surface area (TPSA) is 88.6 Å². The molecule has 0 aliphatic carbocycles. The van der Waals surface area contributed by atoms with Crippen LogP contribution in [0.1, 0.15) is 0 Å². The first-order chi connectivity index (χ1) is 16.9. The second kappa shape index (κ2) is 11.3. The number of fused-ring (bicyclic) bond motifs is 1. The van der Waals surface area contributed by atoms with Crippen molar-refractivity contribution in [1.29, 1.82) is 0 Å². The summed E-state index contributed by atoms with van der Waals surface area (Å²) in [7, 11) is -2.64. The number of para-hydroxylation sites is 1. The van der Waals surface area contributed by atoms with E-state index in [2.05, 4.69) is 10.3 Å². The van der Waals surface area contributed by atoms with E-state index in [0.29, 0.717) is 17.3 Å². The van der Waals surface area contributed by atoms with Crippen molar-refractivity contribution >= 4 is 66.5 Å². The number of carbonyl (C=O) groups excluding carboxylic acids is 1. The molecule has 4 aromatic rings. The van der Waals surface area contributed by atoms with Crippen LogP contribution in [0, 0.1) is 0 Å². The number of methoxy groups -OCH3 is 1. The Kier molecular flexibility index (Phi) is 8.17. The molecular weight excluding hydrogens is 526 g/mol. The third-order valence-corrected chi connectivity index (χ3v) is 9.14. The van der Waals surface area contributed by atoms with Crippen LogP contribution in [-0.2, 0) is 14.8 Å². The predicted octanol–water partition coefficient (Wildman–Crippen LogP) is 5.06. The minimum atomic E-state index is -4.07. The molecule has 1 amide bonds. The number of sulfonamides is 1. The number of hydrogen-bond donors (Lipinski definition) is 1. The first-order valence-corrected chi connectivity index (χ1v) is 14.2. The number of aromatic nitrogens is 1. The fraction of sp³-hybridized carbons (Fsp3) is 0.167. The number of nitrogens with zero attached hydrogens (tertiary/aromatic N) is 2. The van der Waals surface area contributed by atoms with E-state index < -0.39 is 22.5 Å². The lowest BCUT2D eigenvalue weighted by Crippen LogP contribution is -2.41. The number of ether oxygens (including phenoxy) is 1. The van der Waals surface area contributed by atoms with Crippen molar-refractivity contribution in [2.24, 2.45) is 0 Å². The summed E-state index contributed by atoms with van der Waals surface area (Å²) < 4.78 is 35.4. The van der Waals surface area contributed by atoms with E-state index in [1.54, 1.807) is 41.7 Å². The van der Waals surface area contributed by atoms with Gasteiger partial charge in [-0.15, -0.1) is 11.3 Å². The van der Waals surface area contributed by atoms with Gasteiger partial charge in [-0.05, 0) is 42.5 Å². The molecule has 1 aromatic heterocycles. The number of thiazole rings is 1. The SMILES string of the molecule is COc1ccc(Cl)cc1N(CC(=O)NCCSc1nc2ccccc2s1)S(=O)(=O)c1ccccc1. The Hall–Kier alpha value is -2.79. The number of halogens is 1. The molecule has 11 heteroatoms. The van der Waals surface area contributed by atoms with E-state index in [4.69, 9.17) is 16.3 Å². The molecule has 1 N–H and O–H groups in total. The predicted molar refractivity (Wildman–Crippen MR) is 142 cm³/mol. The first-order valence-electron chi connectivity index (χ1n) is 10.5. The van der Waals surface area contributed by atoms with E-state index in [9.17, 15) is 13.2 Å². The second-order valence-corrected chi connectivity index (χ2v) is 12.0. The van der Waals surface area contributed by atoms with E-state index in [1.165, 1.54) is 37.1 Å². The van der Waals surface area contributed by atoms with Crippen molar-refractivity contribution in [3.8, 4) is 5.75 Å². The molecule has 0 atom stereocenters. The molecule has 0 fully saturated rings. The Morgan fingerprint density at radius 3 is 2.60 bits per heavy atom. The maximum Gasteiger partial charge on any atom is 0.264 e. The van der Waals surface area contributed by atoms with Gasteiger partial charge in [0.25, 0.3) is 10.0 Å². The number of rotatable bonds is 10. The number of nitrogens with one attached hydrogen (secondary N) is 1. The summed E-state index contributed by atoms with van der Waals surface area (Å²) in [5, 5.41) is 3.12. The molecule has 0 spiro atoms. The molecule has 1 heterocycles. The Labute approximate surface area is 217 Å². The molecule has 0 saturated heterocycles. The standard InChI is InChI=1S/C24H22ClN3O4S3/c1-32-21-12-11-17(25)15-20(21)28(35(30,31)18-7-3-2-4-8-18)16-23(29)26-13-14-33-24-27-19-9-5-6-10-22(19)34-24/h2-12,15H,13-14,16H2,1H3,(H,26,29). The van der Waals surface area contributed by atoms with E-state index in [0.717, 1.165) is 18.9 Å². The van der Waals surface area contributed by atoms with Gasteiger partial charge in [-0.25, -0.2) is 13.4 Å². The summed E-state index contributed by atoms with van der Waals surface area (Å²) in [5.41, 5.74) is 1.13. The molecule has 0 radical (unpaired) electrons. The molecule has 7 nitrogen and oxygen atoms in total. The van der Waals surface area contributed by atoms with Crippen LogP contribution in [0.3, 0.4) is 0 Å². The monoisotopic (exact) mass is 547 g/mol. The molecule has 35 heavy (non-hydrogen) atoms. The van der Waals surface area contributed by atoms with Crippen molar-refractivity contribution in [3.63, 3.8) is 0 Å². The third-order valence-electron chi connectivity index (χ3n) is 4.95. The zero-order chi connectivity index (χ0) is 24.8. The second-order valence-electron chi connectivity index (χ2n) is 7.29. The van der Waals surface area contributed by atoms with Gasteiger partial charge in [0.15, 0.2) is 4.34 Å². The minimum absolute atomic E-state index is 0.0567. The van der Waals surface area contributed by atoms with Gasteiger partial charge in [0, 0.05) is 17.3 Å². The quantitative estimate of drug-likeness (QED) is 0.220. The maximum absolute atomic E-state index is 13.5. The van der Waals surface area contributed by atoms with Crippen molar-refractivity contribution in [1.82, 2.24) is 10.3 Å². The Bertz CT molecular complexity index is 1400. The lowest BCUT2D eigenvalue weighted by Gasteiger charge is -2.25. The van der Waals surface area contributed by atoms with Gasteiger partial charge < -0.3 is 10.1 Å². The normalized spacial score (nSPS) is 11.4. The summed E-state index contributed by atoms with van der Waals surface area (Å²) in [6, 6.07) is 20.5. The Balaban J connectivity index is 1.47. The van der Waals surface area contributed by atoms with Gasteiger partial charge in [0.1, 0.15) is 12.3 Å². The molecule has 3 aromatic carbocycles. The highest BCUT2D eigenvalue weighted by molar-refractivity contribution is 8.01. The fourth-order valence-electron chi connectivity index (χ4n) is 3.31. The van der Waals surface area contributed by atoms with Gasteiger partial charge in [-0.1, -0.05) is 53.7 Å². The van der Waals surface area contributed by atoms with Gasteiger partial charge in [0.2, 0.25) is 5.91 Å². The number of thioether (sulfide) groups is 1. The van der Waals surface area contributed by atoms with Crippen molar-refractivity contribution in [2.75, 3.05) is 30.3 Å². The van der Waals surface area contributed by atoms with Crippen LogP contribution in [0.25, 0.3) is 10.2 Å². The summed E-state index contributed by atoms with van der Waals surface area (Å²) in [6.07, 6.45) is 0. The van der Waals surface area contributed by atoms with Crippen LogP contribution in [0.2, 0.25) is 5.02 Å². The molecule has 0 aliphatic rings. The van der Waals surface area contributed by atoms with Crippen LogP contribution < -0.4 is 14.4 Å². The summed E-state index contributed by atoms with van der Waals surface area (Å²) in [4.78, 5) is 17.5. The third kappa shape index (κ3) is 6.07. The fourth-order valence-corrected chi connectivity index (χ4v) is 6.91. The average molecular weight is 548 g/mol. The summed E-state index contributed by atoms with van der Waals surface area (Å²) >= 11 is 9.29. The zero-order valence-electron chi connectivity index (χ0n) is 18.7. The van der Waals surface area contributed by atoms with E-state index in [-0.39, 0.29) is 16.3 Å². The maximum atomic E-state index is 13.5. The molecule has 182 valence electrons. The van der Waals surface area contributed by atoms with Crippen LogP contribution in [0.15, 0.2) is 82.0 Å². The molecular formula is C24H22ClN3O4S3. The van der Waals surface area contributed by atoms with Gasteiger partial charge in [0.05, 0.1) is 27.9 Å². The first kappa shape index (κ1) is 25.3. The number of benzene rings is 3. The molecule has 0 aliphatic heterocycles. The number of hydrogen-bond acceptors (Lipinski definition) is 7. The number of anilines is 1. The molecule has 4 rings (SSSR count). The molecule has 0 saturated carbocycles. The highest BCUT2D eigenvalue weighted by Crippen LogP contribution is 2.35. The van der Waals surface area contributed by atoms with E-state index >= 15 is 0 Å². The molecule has 0 bridgehead atoms. The highest BCUT2D eigenvalue weighted by Gasteiger charge is 2.29. The van der Waals surface area contributed by atoms with Gasteiger partial charge >= 0.3 is 0 Å². The van der Waals surface area contributed by atoms with Crippen LogP contribution in [-0.4, -0.2) is 45.3 Å². The van der Waals surface area contributed by atoms with Crippen molar-refractivity contribution in [3.05, 3.63) is 77.8 Å². The lowest BCUT2D eigenvalue weighted by atomic mass is 10.3. The van der Waals surface area contributed by atoms with Gasteiger partial charge in [-0.2, -0.15) is 0 Å². The minimum Gasteiger partial charge on any atom is -0.495 e. The smallest absolute Gasteiger partial charge is 0.264 e. The van der Waals surface area contributed by atoms with E-state index in [1.807, 2.05) is 24.3 Å².